The molecule has 2 aromatic rings. The molecule has 0 amide bonds. The summed E-state index contributed by atoms with van der Waals surface area (Å²) in [5.74, 6) is 0.610. The fraction of sp³-hybridized carbons (Fsp3) is 0.364. The van der Waals surface area contributed by atoms with Crippen molar-refractivity contribution in [1.29, 1.82) is 0 Å². The normalized spacial score (nSPS) is 18.2. The van der Waals surface area contributed by atoms with E-state index < -0.39 is 13.6 Å². The predicted octanol–water partition coefficient (Wildman–Crippen LogP) is 3.83. The first-order chi connectivity index (χ1) is 15.5. The number of hydrogen-bond acceptors (Lipinski definition) is 7. The maximum atomic E-state index is 11.7. The number of alkyl halides is 3. The Bertz CT molecular complexity index is 1170. The molecule has 1 fully saturated rings. The molecule has 0 bridgehead atoms. The maximum Gasteiger partial charge on any atom is 0.248 e. The molecule has 0 unspecified atom stereocenters. The van der Waals surface area contributed by atoms with Crippen LogP contribution >= 0.6 is 34.8 Å². The lowest BCUT2D eigenvalue weighted by Crippen LogP contribution is -2.44. The molecule has 2 heterocycles. The van der Waals surface area contributed by atoms with Gasteiger partial charge in [0.15, 0.2) is 21.5 Å². The van der Waals surface area contributed by atoms with Gasteiger partial charge in [0, 0.05) is 49.4 Å². The van der Waals surface area contributed by atoms with Gasteiger partial charge in [0.05, 0.1) is 4.90 Å². The van der Waals surface area contributed by atoms with Crippen molar-refractivity contribution >= 4 is 67.7 Å². The van der Waals surface area contributed by atoms with E-state index in [-0.39, 0.29) is 17.4 Å². The Morgan fingerprint density at radius 2 is 1.45 bits per heavy atom. The fourth-order valence-corrected chi connectivity index (χ4v) is 4.80. The number of piperazine rings is 1. The van der Waals surface area contributed by atoms with Gasteiger partial charge in [0.2, 0.25) is 3.79 Å². The van der Waals surface area contributed by atoms with Crippen LogP contribution in [0.2, 0.25) is 0 Å². The lowest BCUT2D eigenvalue weighted by Gasteiger charge is -2.35. The molecule has 0 atom stereocenters. The molecule has 11 heteroatoms. The van der Waals surface area contributed by atoms with E-state index in [9.17, 15) is 8.42 Å². The van der Waals surface area contributed by atoms with Crippen LogP contribution in [0.15, 0.2) is 63.4 Å². The predicted molar refractivity (Wildman–Crippen MR) is 137 cm³/mol. The van der Waals surface area contributed by atoms with Gasteiger partial charge in [0.25, 0.3) is 0 Å². The molecule has 0 radical (unpaired) electrons. The van der Waals surface area contributed by atoms with Gasteiger partial charge in [-0.3, -0.25) is 0 Å². The topological polar surface area (TPSA) is 68.6 Å². The highest BCUT2D eigenvalue weighted by atomic mass is 35.6. The molecule has 1 saturated heterocycles. The minimum absolute atomic E-state index is 0.212. The van der Waals surface area contributed by atoms with Crippen LogP contribution in [0, 0.1) is 0 Å². The number of anilines is 2. The average Bonchev–Trinajstić information content (AvgIpc) is 2.78. The Morgan fingerprint density at radius 1 is 0.879 bits per heavy atom. The summed E-state index contributed by atoms with van der Waals surface area (Å²) in [4.78, 5) is 15.7. The van der Waals surface area contributed by atoms with E-state index in [4.69, 9.17) is 34.8 Å². The van der Waals surface area contributed by atoms with Crippen molar-refractivity contribution in [3.8, 4) is 0 Å². The SMILES string of the molecule is CN1CCN(c2ccc(N3CN=C(c4ccc(S(C)(=O)=O)cc4)N=C3C(Cl)(Cl)Cl)cc2)CC1. The number of halogens is 3. The third-order valence-electron chi connectivity index (χ3n) is 5.65. The molecule has 0 N–H and O–H groups in total. The third-order valence-corrected chi connectivity index (χ3v) is 7.29. The molecule has 176 valence electrons. The Morgan fingerprint density at radius 3 is 2.00 bits per heavy atom. The molecule has 2 aliphatic rings. The number of aliphatic imine (C=N–C) groups is 2. The van der Waals surface area contributed by atoms with Gasteiger partial charge in [-0.15, -0.1) is 0 Å². The summed E-state index contributed by atoms with van der Waals surface area (Å²) >= 11 is 18.8. The monoisotopic (exact) mass is 527 g/mol. The van der Waals surface area contributed by atoms with E-state index >= 15 is 0 Å². The number of benzene rings is 2. The van der Waals surface area contributed by atoms with E-state index in [0.717, 1.165) is 43.8 Å². The Labute approximate surface area is 209 Å². The first-order valence-corrected chi connectivity index (χ1v) is 13.4. The van der Waals surface area contributed by atoms with E-state index in [1.165, 1.54) is 12.1 Å². The van der Waals surface area contributed by atoms with Gasteiger partial charge in [-0.1, -0.05) is 34.8 Å². The van der Waals surface area contributed by atoms with Crippen LogP contribution in [-0.4, -0.2) is 74.9 Å². The van der Waals surface area contributed by atoms with Crippen LogP contribution in [0.1, 0.15) is 5.56 Å². The number of hydrogen-bond donors (Lipinski definition) is 0. The molecule has 7 nitrogen and oxygen atoms in total. The van der Waals surface area contributed by atoms with Gasteiger partial charge < -0.3 is 14.7 Å². The van der Waals surface area contributed by atoms with Crippen LogP contribution in [0.4, 0.5) is 11.4 Å². The van der Waals surface area contributed by atoms with E-state index in [1.807, 2.05) is 12.1 Å². The zero-order valence-electron chi connectivity index (χ0n) is 18.2. The van der Waals surface area contributed by atoms with Crippen molar-refractivity contribution in [2.24, 2.45) is 9.98 Å². The Hall–Kier alpha value is -1.84. The van der Waals surface area contributed by atoms with Crippen molar-refractivity contribution in [2.75, 3.05) is 56.0 Å². The largest absolute Gasteiger partial charge is 0.369 e. The summed E-state index contributed by atoms with van der Waals surface area (Å²) in [5.41, 5.74) is 2.60. The maximum absolute atomic E-state index is 11.7. The van der Waals surface area contributed by atoms with Crippen molar-refractivity contribution in [3.05, 3.63) is 54.1 Å². The lowest BCUT2D eigenvalue weighted by molar-refractivity contribution is 0.313. The standard InChI is InChI=1S/C22H24Cl3N5O2S/c1-28-11-13-29(14-12-28)17-5-7-18(8-6-17)30-15-26-20(27-21(30)22(23,24)25)16-3-9-19(10-4-16)33(2,31)32/h3-10H,11-15H2,1-2H3. The van der Waals surface area contributed by atoms with Gasteiger partial charge in [0.1, 0.15) is 6.67 Å². The Balaban J connectivity index is 1.58. The van der Waals surface area contributed by atoms with Crippen LogP contribution in [0.5, 0.6) is 0 Å². The minimum Gasteiger partial charge on any atom is -0.369 e. The number of sulfone groups is 1. The van der Waals surface area contributed by atoms with E-state index in [0.29, 0.717) is 11.4 Å². The molecule has 2 aromatic carbocycles. The molecule has 4 rings (SSSR count). The number of amidine groups is 2. The first kappa shape index (κ1) is 24.3. The first-order valence-electron chi connectivity index (χ1n) is 10.3. The highest BCUT2D eigenvalue weighted by molar-refractivity contribution is 7.90. The summed E-state index contributed by atoms with van der Waals surface area (Å²) in [7, 11) is -1.17. The van der Waals surface area contributed by atoms with Crippen LogP contribution in [0.3, 0.4) is 0 Å². The van der Waals surface area contributed by atoms with Gasteiger partial charge >= 0.3 is 0 Å². The number of nitrogens with zero attached hydrogens (tertiary/aromatic N) is 5. The fourth-order valence-electron chi connectivity index (χ4n) is 3.74. The summed E-state index contributed by atoms with van der Waals surface area (Å²) in [6.07, 6.45) is 1.16. The zero-order chi connectivity index (χ0) is 23.8. The molecule has 2 aliphatic heterocycles. The van der Waals surface area contributed by atoms with E-state index in [2.05, 4.69) is 39.0 Å². The summed E-state index contributed by atoms with van der Waals surface area (Å²) < 4.78 is 21.7. The third kappa shape index (κ3) is 5.63. The smallest absolute Gasteiger partial charge is 0.248 e. The summed E-state index contributed by atoms with van der Waals surface area (Å²) in [5, 5.41) is 0. The molecule has 0 spiro atoms. The molecule has 0 aromatic heterocycles. The second-order valence-electron chi connectivity index (χ2n) is 8.09. The Kier molecular flexibility index (Phi) is 6.94. The van der Waals surface area contributed by atoms with Crippen molar-refractivity contribution in [3.63, 3.8) is 0 Å². The highest BCUT2D eigenvalue weighted by Gasteiger charge is 2.36. The minimum atomic E-state index is -3.30. The summed E-state index contributed by atoms with van der Waals surface area (Å²) in [6.45, 7) is 4.23. The van der Waals surface area contributed by atoms with Crippen LogP contribution < -0.4 is 9.80 Å². The zero-order valence-corrected chi connectivity index (χ0v) is 21.3. The van der Waals surface area contributed by atoms with Gasteiger partial charge in [-0.05, 0) is 55.6 Å². The average molecular weight is 529 g/mol. The van der Waals surface area contributed by atoms with Crippen LogP contribution in [-0.2, 0) is 9.84 Å². The van der Waals surface area contributed by atoms with E-state index in [1.54, 1.807) is 17.0 Å². The second kappa shape index (κ2) is 9.43. The van der Waals surface area contributed by atoms with Crippen LogP contribution in [0.25, 0.3) is 0 Å². The molecular weight excluding hydrogens is 505 g/mol. The second-order valence-corrected chi connectivity index (χ2v) is 12.4. The van der Waals surface area contributed by atoms with Crippen molar-refractivity contribution in [1.82, 2.24) is 4.90 Å². The van der Waals surface area contributed by atoms with Gasteiger partial charge in [-0.25, -0.2) is 18.4 Å². The summed E-state index contributed by atoms with van der Waals surface area (Å²) in [6, 6.07) is 14.4. The highest BCUT2D eigenvalue weighted by Crippen LogP contribution is 2.34. The molecule has 0 aliphatic carbocycles. The molecule has 33 heavy (non-hydrogen) atoms. The van der Waals surface area contributed by atoms with Crippen molar-refractivity contribution in [2.45, 2.75) is 8.69 Å². The number of likely N-dealkylation sites (N-methyl/N-ethyl adjacent to an activating group) is 1. The number of rotatable bonds is 4. The molecular formula is C22H24Cl3N5O2S. The van der Waals surface area contributed by atoms with Crippen molar-refractivity contribution < 1.29 is 8.42 Å². The molecule has 0 saturated carbocycles. The quantitative estimate of drug-likeness (QED) is 0.564. The van der Waals surface area contributed by atoms with Gasteiger partial charge in [-0.2, -0.15) is 0 Å². The lowest BCUT2D eigenvalue weighted by atomic mass is 10.2.